The number of rotatable bonds is 8. The Morgan fingerprint density at radius 3 is 2.55 bits per heavy atom. The van der Waals surface area contributed by atoms with Gasteiger partial charge in [0.15, 0.2) is 0 Å². The van der Waals surface area contributed by atoms with E-state index in [0.717, 1.165) is 38.5 Å². The highest BCUT2D eigenvalue weighted by Gasteiger charge is 2.10. The van der Waals surface area contributed by atoms with Crippen LogP contribution in [0.15, 0.2) is 47.1 Å². The lowest BCUT2D eigenvalue weighted by Crippen LogP contribution is -2.23. The highest BCUT2D eigenvalue weighted by molar-refractivity contribution is 5.18. The molecule has 0 aliphatic carbocycles. The van der Waals surface area contributed by atoms with Gasteiger partial charge in [0.25, 0.3) is 0 Å². The summed E-state index contributed by atoms with van der Waals surface area (Å²) in [6.45, 7) is 9.01. The molecule has 108 valence electrons. The smallest absolute Gasteiger partial charge is 0.122 e. The van der Waals surface area contributed by atoms with Gasteiger partial charge in [0.2, 0.25) is 0 Å². The standard InChI is InChI=1S/C17H24N2O/c1-3-18-12-17-16(10-11-20-17)14-19(4-2)13-15-8-6-5-7-9-15/h5-11,18H,3-4,12-14H2,1-2H3. The van der Waals surface area contributed by atoms with Crippen LogP contribution in [0.5, 0.6) is 0 Å². The first kappa shape index (κ1) is 14.8. The summed E-state index contributed by atoms with van der Waals surface area (Å²) >= 11 is 0. The fraction of sp³-hybridized carbons (Fsp3) is 0.412. The van der Waals surface area contributed by atoms with Gasteiger partial charge >= 0.3 is 0 Å². The second kappa shape index (κ2) is 7.88. The van der Waals surface area contributed by atoms with Crippen LogP contribution in [-0.2, 0) is 19.6 Å². The minimum atomic E-state index is 0.807. The molecule has 0 unspecified atom stereocenters. The van der Waals surface area contributed by atoms with Gasteiger partial charge in [-0.3, -0.25) is 4.90 Å². The summed E-state index contributed by atoms with van der Waals surface area (Å²) in [4.78, 5) is 2.43. The molecule has 3 heteroatoms. The van der Waals surface area contributed by atoms with Crippen molar-refractivity contribution in [1.29, 1.82) is 0 Å². The molecule has 0 saturated heterocycles. The molecule has 1 aromatic carbocycles. The Morgan fingerprint density at radius 2 is 1.85 bits per heavy atom. The van der Waals surface area contributed by atoms with Gasteiger partial charge in [0.05, 0.1) is 12.8 Å². The lowest BCUT2D eigenvalue weighted by molar-refractivity contribution is 0.268. The van der Waals surface area contributed by atoms with E-state index < -0.39 is 0 Å². The Balaban J connectivity index is 1.97. The van der Waals surface area contributed by atoms with Gasteiger partial charge in [0, 0.05) is 18.7 Å². The maximum atomic E-state index is 5.57. The molecule has 0 radical (unpaired) electrons. The summed E-state index contributed by atoms with van der Waals surface area (Å²) in [7, 11) is 0. The molecular formula is C17H24N2O. The Kier molecular flexibility index (Phi) is 5.84. The third kappa shape index (κ3) is 4.22. The third-order valence-electron chi connectivity index (χ3n) is 3.46. The lowest BCUT2D eigenvalue weighted by Gasteiger charge is -2.20. The van der Waals surface area contributed by atoms with Crippen LogP contribution in [0.3, 0.4) is 0 Å². The molecular weight excluding hydrogens is 248 g/mol. The molecule has 0 bridgehead atoms. The van der Waals surface area contributed by atoms with Crippen molar-refractivity contribution in [2.75, 3.05) is 13.1 Å². The van der Waals surface area contributed by atoms with Crippen LogP contribution < -0.4 is 5.32 Å². The van der Waals surface area contributed by atoms with Crippen molar-refractivity contribution in [3.63, 3.8) is 0 Å². The second-order valence-corrected chi connectivity index (χ2v) is 4.94. The van der Waals surface area contributed by atoms with Gasteiger partial charge in [-0.2, -0.15) is 0 Å². The molecule has 0 fully saturated rings. The van der Waals surface area contributed by atoms with Crippen LogP contribution in [0.4, 0.5) is 0 Å². The highest BCUT2D eigenvalue weighted by Crippen LogP contribution is 2.15. The Bertz CT molecular complexity index is 493. The van der Waals surface area contributed by atoms with Crippen molar-refractivity contribution < 1.29 is 4.42 Å². The second-order valence-electron chi connectivity index (χ2n) is 4.94. The summed E-state index contributed by atoms with van der Waals surface area (Å²) in [6.07, 6.45) is 1.79. The molecule has 3 nitrogen and oxygen atoms in total. The van der Waals surface area contributed by atoms with E-state index >= 15 is 0 Å². The van der Waals surface area contributed by atoms with E-state index in [0.29, 0.717) is 0 Å². The first-order valence-corrected chi connectivity index (χ1v) is 7.35. The molecule has 0 atom stereocenters. The maximum Gasteiger partial charge on any atom is 0.122 e. The third-order valence-corrected chi connectivity index (χ3v) is 3.46. The largest absolute Gasteiger partial charge is 0.468 e. The van der Waals surface area contributed by atoms with E-state index in [1.54, 1.807) is 6.26 Å². The van der Waals surface area contributed by atoms with E-state index in [4.69, 9.17) is 4.42 Å². The minimum Gasteiger partial charge on any atom is -0.468 e. The average molecular weight is 272 g/mol. The quantitative estimate of drug-likeness (QED) is 0.798. The number of nitrogens with zero attached hydrogens (tertiary/aromatic N) is 1. The average Bonchev–Trinajstić information content (AvgIpc) is 2.92. The summed E-state index contributed by atoms with van der Waals surface area (Å²) in [5, 5.41) is 3.32. The number of benzene rings is 1. The SMILES string of the molecule is CCNCc1occc1CN(CC)Cc1ccccc1. The summed E-state index contributed by atoms with van der Waals surface area (Å²) < 4.78 is 5.57. The van der Waals surface area contributed by atoms with Gasteiger partial charge < -0.3 is 9.73 Å². The van der Waals surface area contributed by atoms with Crippen LogP contribution in [0.2, 0.25) is 0 Å². The Morgan fingerprint density at radius 1 is 1.05 bits per heavy atom. The first-order chi connectivity index (χ1) is 9.83. The van der Waals surface area contributed by atoms with Crippen molar-refractivity contribution in [2.45, 2.75) is 33.5 Å². The van der Waals surface area contributed by atoms with Crippen molar-refractivity contribution in [2.24, 2.45) is 0 Å². The number of nitrogens with one attached hydrogen (secondary N) is 1. The number of hydrogen-bond acceptors (Lipinski definition) is 3. The molecule has 0 saturated carbocycles. The maximum absolute atomic E-state index is 5.57. The van der Waals surface area contributed by atoms with Crippen LogP contribution in [-0.4, -0.2) is 18.0 Å². The minimum absolute atomic E-state index is 0.807. The van der Waals surface area contributed by atoms with Crippen LogP contribution in [0, 0.1) is 0 Å². The van der Waals surface area contributed by atoms with Gasteiger partial charge in [-0.25, -0.2) is 0 Å². The van der Waals surface area contributed by atoms with E-state index in [9.17, 15) is 0 Å². The van der Waals surface area contributed by atoms with Gasteiger partial charge in [-0.05, 0) is 24.7 Å². The van der Waals surface area contributed by atoms with Crippen molar-refractivity contribution in [3.8, 4) is 0 Å². The zero-order chi connectivity index (χ0) is 14.2. The molecule has 0 aliphatic heterocycles. The summed E-state index contributed by atoms with van der Waals surface area (Å²) in [5.41, 5.74) is 2.63. The van der Waals surface area contributed by atoms with E-state index in [1.165, 1.54) is 11.1 Å². The molecule has 2 rings (SSSR count). The molecule has 1 heterocycles. The van der Waals surface area contributed by atoms with Crippen molar-refractivity contribution in [1.82, 2.24) is 10.2 Å². The monoisotopic (exact) mass is 272 g/mol. The van der Waals surface area contributed by atoms with E-state index in [2.05, 4.69) is 60.5 Å². The predicted octanol–water partition coefficient (Wildman–Crippen LogP) is 3.41. The van der Waals surface area contributed by atoms with Gasteiger partial charge in [-0.1, -0.05) is 44.2 Å². The first-order valence-electron chi connectivity index (χ1n) is 7.35. The molecule has 1 N–H and O–H groups in total. The Labute approximate surface area is 121 Å². The number of hydrogen-bond donors (Lipinski definition) is 1. The lowest BCUT2D eigenvalue weighted by atomic mass is 10.2. The Hall–Kier alpha value is -1.58. The van der Waals surface area contributed by atoms with Crippen molar-refractivity contribution in [3.05, 3.63) is 59.5 Å². The molecule has 0 aliphatic rings. The summed E-state index contributed by atoms with van der Waals surface area (Å²) in [6, 6.07) is 12.7. The predicted molar refractivity (Wildman–Crippen MR) is 82.3 cm³/mol. The van der Waals surface area contributed by atoms with E-state index in [1.807, 2.05) is 0 Å². The zero-order valence-corrected chi connectivity index (χ0v) is 12.4. The number of furan rings is 1. The van der Waals surface area contributed by atoms with E-state index in [-0.39, 0.29) is 0 Å². The molecule has 2 aromatic rings. The fourth-order valence-corrected chi connectivity index (χ4v) is 2.26. The molecule has 0 amide bonds. The van der Waals surface area contributed by atoms with Crippen LogP contribution in [0.25, 0.3) is 0 Å². The molecule has 20 heavy (non-hydrogen) atoms. The fourth-order valence-electron chi connectivity index (χ4n) is 2.26. The molecule has 0 spiro atoms. The van der Waals surface area contributed by atoms with Crippen LogP contribution in [0.1, 0.15) is 30.7 Å². The highest BCUT2D eigenvalue weighted by atomic mass is 16.3. The van der Waals surface area contributed by atoms with Gasteiger partial charge in [-0.15, -0.1) is 0 Å². The van der Waals surface area contributed by atoms with Crippen LogP contribution >= 0.6 is 0 Å². The normalized spacial score (nSPS) is 11.2. The van der Waals surface area contributed by atoms with Gasteiger partial charge in [0.1, 0.15) is 5.76 Å². The summed E-state index contributed by atoms with van der Waals surface area (Å²) in [5.74, 6) is 1.05. The topological polar surface area (TPSA) is 28.4 Å². The van der Waals surface area contributed by atoms with Crippen molar-refractivity contribution >= 4 is 0 Å². The molecule has 1 aromatic heterocycles. The zero-order valence-electron chi connectivity index (χ0n) is 12.4.